The molecule has 2 fully saturated rings. The van der Waals surface area contributed by atoms with Crippen LogP contribution in [0.1, 0.15) is 162 Å². The van der Waals surface area contributed by atoms with Gasteiger partial charge in [0.25, 0.3) is 0 Å². The third kappa shape index (κ3) is 34.0. The summed E-state index contributed by atoms with van der Waals surface area (Å²) in [4.78, 5) is 13.2. The highest BCUT2D eigenvalue weighted by Gasteiger charge is 2.51. The average molecular weight is 1110 g/mol. The number of allylic oxidation sites excluding steroid dienone is 23. The highest BCUT2D eigenvalue weighted by molar-refractivity contribution is 5.76. The number of aliphatic hydroxyl groups excluding tert-OH is 8. The highest BCUT2D eigenvalue weighted by Crippen LogP contribution is 2.30. The Morgan fingerprint density at radius 1 is 0.468 bits per heavy atom. The summed E-state index contributed by atoms with van der Waals surface area (Å²) in [5, 5.41) is 86.6. The van der Waals surface area contributed by atoms with Crippen molar-refractivity contribution < 1.29 is 64.6 Å². The van der Waals surface area contributed by atoms with Gasteiger partial charge in [-0.2, -0.15) is 0 Å². The maximum atomic E-state index is 13.2. The minimum Gasteiger partial charge on any atom is -0.394 e. The van der Waals surface area contributed by atoms with Gasteiger partial charge in [0, 0.05) is 6.42 Å². The maximum absolute atomic E-state index is 13.2. The summed E-state index contributed by atoms with van der Waals surface area (Å²) in [5.74, 6) is -0.283. The molecule has 12 unspecified atom stereocenters. The van der Waals surface area contributed by atoms with Gasteiger partial charge in [0.05, 0.1) is 32.0 Å². The molecule has 0 aromatic rings. The van der Waals surface area contributed by atoms with Crippen LogP contribution in [0.15, 0.2) is 146 Å². The van der Waals surface area contributed by atoms with Crippen molar-refractivity contribution >= 4 is 5.91 Å². The zero-order valence-electron chi connectivity index (χ0n) is 47.8. The predicted molar refractivity (Wildman–Crippen MR) is 318 cm³/mol. The minimum absolute atomic E-state index is 0.230. The van der Waals surface area contributed by atoms with Gasteiger partial charge in [0.15, 0.2) is 12.6 Å². The molecule has 1 amide bonds. The smallest absolute Gasteiger partial charge is 0.220 e. The number of carbonyl (C=O) groups excluding carboxylic acids is 1. The molecule has 14 nitrogen and oxygen atoms in total. The molecule has 0 aromatic carbocycles. The Hall–Kier alpha value is -4.13. The first-order chi connectivity index (χ1) is 38.6. The first-order valence-corrected chi connectivity index (χ1v) is 29.6. The number of hydrogen-bond donors (Lipinski definition) is 9. The first-order valence-electron chi connectivity index (χ1n) is 29.6. The van der Waals surface area contributed by atoms with E-state index in [2.05, 4.69) is 153 Å². The Balaban J connectivity index is 1.65. The van der Waals surface area contributed by atoms with Crippen molar-refractivity contribution in [3.63, 3.8) is 0 Å². The Labute approximate surface area is 474 Å². The van der Waals surface area contributed by atoms with Crippen LogP contribution in [-0.2, 0) is 23.7 Å². The van der Waals surface area contributed by atoms with E-state index in [1.807, 2.05) is 6.08 Å². The third-order valence-electron chi connectivity index (χ3n) is 13.3. The molecule has 0 aliphatic carbocycles. The Morgan fingerprint density at radius 2 is 0.873 bits per heavy atom. The first kappa shape index (κ1) is 71.0. The number of rotatable bonds is 44. The van der Waals surface area contributed by atoms with Gasteiger partial charge in [-0.05, 0) is 103 Å². The molecule has 2 saturated heterocycles. The van der Waals surface area contributed by atoms with Crippen molar-refractivity contribution in [3.8, 4) is 0 Å². The van der Waals surface area contributed by atoms with Gasteiger partial charge in [-0.3, -0.25) is 4.79 Å². The molecule has 0 bridgehead atoms. The van der Waals surface area contributed by atoms with Gasteiger partial charge in [-0.1, -0.05) is 198 Å². The highest BCUT2D eigenvalue weighted by atomic mass is 16.7. The number of nitrogens with one attached hydrogen (secondary N) is 1. The number of amides is 1. The lowest BCUT2D eigenvalue weighted by Gasteiger charge is -2.46. The van der Waals surface area contributed by atoms with Crippen LogP contribution in [0.3, 0.4) is 0 Å². The largest absolute Gasteiger partial charge is 0.394 e. The SMILES string of the molecule is CC/C=C\C/C=C\C/C=C\C/C=C\C/C=C\C/C=C\C/C=C\C/C=C\C/C=C\C/C=C\C/C=C\CCCCCC(=O)NC(COC1OC(CO)C(OC2OC(CO)C(O)C(O)C2O)C(O)C1O)C(O)/C=C/CCCCCCCC. The van der Waals surface area contributed by atoms with Crippen LogP contribution in [0.5, 0.6) is 0 Å². The van der Waals surface area contributed by atoms with Crippen molar-refractivity contribution in [2.45, 2.75) is 235 Å². The Morgan fingerprint density at radius 3 is 1.34 bits per heavy atom. The van der Waals surface area contributed by atoms with Crippen molar-refractivity contribution in [3.05, 3.63) is 146 Å². The second-order valence-corrected chi connectivity index (χ2v) is 20.0. The van der Waals surface area contributed by atoms with Crippen LogP contribution >= 0.6 is 0 Å². The lowest BCUT2D eigenvalue weighted by atomic mass is 9.97. The average Bonchev–Trinajstić information content (AvgIpc) is 3.47. The van der Waals surface area contributed by atoms with E-state index >= 15 is 0 Å². The maximum Gasteiger partial charge on any atom is 0.220 e. The van der Waals surface area contributed by atoms with Gasteiger partial charge in [-0.25, -0.2) is 0 Å². The van der Waals surface area contributed by atoms with Gasteiger partial charge < -0.3 is 65.1 Å². The quantitative estimate of drug-likeness (QED) is 0.0205. The zero-order valence-corrected chi connectivity index (χ0v) is 47.8. The number of aliphatic hydroxyl groups is 8. The summed E-state index contributed by atoms with van der Waals surface area (Å²) in [6, 6.07) is -0.941. The molecular weight excluding hydrogens is 1000 g/mol. The molecule has 2 aliphatic heterocycles. The van der Waals surface area contributed by atoms with Crippen LogP contribution in [0.25, 0.3) is 0 Å². The molecule has 0 radical (unpaired) electrons. The van der Waals surface area contributed by atoms with Crippen LogP contribution in [0.4, 0.5) is 0 Å². The van der Waals surface area contributed by atoms with Crippen LogP contribution in [0, 0.1) is 0 Å². The van der Waals surface area contributed by atoms with E-state index in [9.17, 15) is 45.6 Å². The van der Waals surface area contributed by atoms with Crippen molar-refractivity contribution in [1.82, 2.24) is 5.32 Å². The molecule has 12 atom stereocenters. The molecule has 2 rings (SSSR count). The lowest BCUT2D eigenvalue weighted by Crippen LogP contribution is -2.65. The van der Waals surface area contributed by atoms with Gasteiger partial charge in [-0.15, -0.1) is 0 Å². The summed E-state index contributed by atoms with van der Waals surface area (Å²) < 4.78 is 22.6. The summed E-state index contributed by atoms with van der Waals surface area (Å²) in [6.45, 7) is 2.56. The van der Waals surface area contributed by atoms with Crippen molar-refractivity contribution in [1.29, 1.82) is 0 Å². The molecule has 9 N–H and O–H groups in total. The van der Waals surface area contributed by atoms with Crippen LogP contribution < -0.4 is 5.32 Å². The molecule has 79 heavy (non-hydrogen) atoms. The zero-order chi connectivity index (χ0) is 57.4. The van der Waals surface area contributed by atoms with Crippen LogP contribution in [-0.4, -0.2) is 140 Å². The summed E-state index contributed by atoms with van der Waals surface area (Å²) >= 11 is 0. The van der Waals surface area contributed by atoms with Crippen molar-refractivity contribution in [2.75, 3.05) is 19.8 Å². The molecule has 2 aliphatic rings. The minimum atomic E-state index is -1.80. The molecular formula is C65H103NO13. The van der Waals surface area contributed by atoms with Crippen molar-refractivity contribution in [2.24, 2.45) is 0 Å². The monoisotopic (exact) mass is 1110 g/mol. The fraction of sp³-hybridized carbons (Fsp3) is 0.615. The van der Waals surface area contributed by atoms with E-state index in [1.165, 1.54) is 19.3 Å². The second-order valence-electron chi connectivity index (χ2n) is 20.0. The Kier molecular flexibility index (Phi) is 43.6. The fourth-order valence-corrected chi connectivity index (χ4v) is 8.53. The molecule has 14 heteroatoms. The standard InChI is InChI=1S/C65H103NO13/c1-3-5-7-9-11-13-14-15-16-17-18-19-20-21-22-23-24-25-26-27-28-29-30-31-32-33-34-35-36-37-38-39-40-41-43-45-47-49-57(70)66-53(54(69)48-46-44-42-12-10-8-6-4-2)52-76-64-62(75)60(73)63(56(51-68)78-64)79-65-61(74)59(72)58(71)55(50-67)77-65/h5,7,11,13,15-16,18-19,21-22,24-25,27-28,30-31,33-34,36-37,39-40,46,48,53-56,58-65,67-69,71-75H,3-4,6,8-10,12,14,17,20,23,26,29,32,35,38,41-45,47,49-52H2,1-2H3,(H,66,70)/b7-5-,13-11-,16-15-,19-18-,22-21-,25-24-,28-27-,31-30-,34-33-,37-36-,40-39-,48-46+. The van der Waals surface area contributed by atoms with Gasteiger partial charge in [0.2, 0.25) is 5.91 Å². The number of ether oxygens (including phenoxy) is 4. The van der Waals surface area contributed by atoms with Crippen LogP contribution in [0.2, 0.25) is 0 Å². The molecule has 446 valence electrons. The number of hydrogen-bond acceptors (Lipinski definition) is 13. The molecule has 0 saturated carbocycles. The predicted octanol–water partition coefficient (Wildman–Crippen LogP) is 10.2. The molecule has 0 aromatic heterocycles. The van der Waals surface area contributed by atoms with E-state index < -0.39 is 86.8 Å². The fourth-order valence-electron chi connectivity index (χ4n) is 8.53. The summed E-state index contributed by atoms with van der Waals surface area (Å²) in [5.41, 5.74) is 0. The van der Waals surface area contributed by atoms with E-state index in [-0.39, 0.29) is 18.9 Å². The summed E-state index contributed by atoms with van der Waals surface area (Å²) in [7, 11) is 0. The van der Waals surface area contributed by atoms with E-state index in [0.717, 1.165) is 116 Å². The third-order valence-corrected chi connectivity index (χ3v) is 13.3. The van der Waals surface area contributed by atoms with E-state index in [1.54, 1.807) is 6.08 Å². The van der Waals surface area contributed by atoms with E-state index in [0.29, 0.717) is 6.42 Å². The van der Waals surface area contributed by atoms with Gasteiger partial charge >= 0.3 is 0 Å². The molecule has 2 heterocycles. The summed E-state index contributed by atoms with van der Waals surface area (Å²) in [6.07, 6.45) is 56.4. The Bertz CT molecular complexity index is 1880. The topological polar surface area (TPSA) is 228 Å². The van der Waals surface area contributed by atoms with E-state index in [4.69, 9.17) is 18.9 Å². The normalized spacial score (nSPS) is 25.5. The lowest BCUT2D eigenvalue weighted by molar-refractivity contribution is -0.359. The number of carbonyl (C=O) groups is 1. The second kappa shape index (κ2) is 48.6. The van der Waals surface area contributed by atoms with Gasteiger partial charge in [0.1, 0.15) is 48.8 Å². The molecule has 0 spiro atoms. The number of unbranched alkanes of at least 4 members (excludes halogenated alkanes) is 9.